The number of fused-ring (bicyclic) bond motifs is 2. The fourth-order valence-electron chi connectivity index (χ4n) is 2.37. The summed E-state index contributed by atoms with van der Waals surface area (Å²) in [4.78, 5) is 5.16. The Labute approximate surface area is 117 Å². The summed E-state index contributed by atoms with van der Waals surface area (Å²) in [5.74, 6) is -4.97. The lowest BCUT2D eigenvalue weighted by Crippen LogP contribution is -2.14. The van der Waals surface area contributed by atoms with Crippen LogP contribution in [0.5, 0.6) is 0 Å². The number of benzene rings is 2. The number of pyridine rings is 1. The van der Waals surface area contributed by atoms with Crippen molar-refractivity contribution in [2.24, 2.45) is 0 Å². The Morgan fingerprint density at radius 2 is 1.62 bits per heavy atom. The number of aromatic nitrogens is 1. The molecule has 0 unspecified atom stereocenters. The van der Waals surface area contributed by atoms with E-state index in [1.807, 2.05) is 0 Å². The van der Waals surface area contributed by atoms with Gasteiger partial charge in [0.1, 0.15) is 16.9 Å². The number of anilines is 1. The summed E-state index contributed by atoms with van der Waals surface area (Å²) in [6, 6.07) is 5.62. The van der Waals surface area contributed by atoms with E-state index >= 15 is 0 Å². The summed E-state index contributed by atoms with van der Waals surface area (Å²) < 4.78 is 55.3. The first-order chi connectivity index (χ1) is 9.91. The summed E-state index contributed by atoms with van der Waals surface area (Å²) in [5.41, 5.74) is -0.600. The number of rotatable bonds is 1. The van der Waals surface area contributed by atoms with Crippen LogP contribution >= 0.6 is 0 Å². The zero-order valence-corrected chi connectivity index (χ0v) is 11.2. The van der Waals surface area contributed by atoms with Crippen molar-refractivity contribution >= 4 is 27.5 Å². The molecule has 1 heterocycles. The first-order valence-electron chi connectivity index (χ1n) is 6.14. The summed E-state index contributed by atoms with van der Waals surface area (Å²) >= 11 is 0. The zero-order chi connectivity index (χ0) is 15.3. The second-order valence-electron chi connectivity index (χ2n) is 4.88. The molecule has 0 fully saturated rings. The summed E-state index contributed by atoms with van der Waals surface area (Å²) in [6.07, 6.45) is 0. The maximum Gasteiger partial charge on any atom is 0.198 e. The first kappa shape index (κ1) is 13.6. The lowest BCUT2D eigenvalue weighted by Gasteiger charge is -2.17. The summed E-state index contributed by atoms with van der Waals surface area (Å²) in [5, 5.41) is 0.477. The van der Waals surface area contributed by atoms with Crippen molar-refractivity contribution in [1.82, 2.24) is 4.98 Å². The average molecular weight is 294 g/mol. The highest BCUT2D eigenvalue weighted by Gasteiger charge is 2.23. The maximum absolute atomic E-state index is 14.0. The second kappa shape index (κ2) is 4.58. The standard InChI is InChI=1S/C15H10F4N2/c1-21(2)15-8-6-7-4-3-5-9(16)13(7)20-14(8)11(18)10(17)12(15)19/h3-6H,1-2H3. The number of hydrogen-bond donors (Lipinski definition) is 0. The van der Waals surface area contributed by atoms with Crippen LogP contribution in [0.1, 0.15) is 0 Å². The van der Waals surface area contributed by atoms with E-state index in [0.717, 1.165) is 0 Å². The van der Waals surface area contributed by atoms with Crippen molar-refractivity contribution < 1.29 is 17.6 Å². The van der Waals surface area contributed by atoms with Crippen molar-refractivity contribution in [3.05, 3.63) is 47.5 Å². The Morgan fingerprint density at radius 3 is 2.29 bits per heavy atom. The van der Waals surface area contributed by atoms with Gasteiger partial charge in [-0.1, -0.05) is 12.1 Å². The number of nitrogens with zero attached hydrogens (tertiary/aromatic N) is 2. The van der Waals surface area contributed by atoms with Gasteiger partial charge in [0.25, 0.3) is 0 Å². The molecule has 2 nitrogen and oxygen atoms in total. The maximum atomic E-state index is 14.0. The molecule has 0 radical (unpaired) electrons. The van der Waals surface area contributed by atoms with Gasteiger partial charge in [-0.05, 0) is 12.1 Å². The van der Waals surface area contributed by atoms with Crippen LogP contribution in [0.3, 0.4) is 0 Å². The number of hydrogen-bond acceptors (Lipinski definition) is 2. The van der Waals surface area contributed by atoms with E-state index in [0.29, 0.717) is 5.39 Å². The normalized spacial score (nSPS) is 11.3. The van der Waals surface area contributed by atoms with Crippen LogP contribution in [-0.2, 0) is 0 Å². The van der Waals surface area contributed by atoms with E-state index in [-0.39, 0.29) is 16.6 Å². The minimum absolute atomic E-state index is 0.0837. The molecule has 0 amide bonds. The van der Waals surface area contributed by atoms with Gasteiger partial charge in [0.2, 0.25) is 0 Å². The molecule has 21 heavy (non-hydrogen) atoms. The fourth-order valence-corrected chi connectivity index (χ4v) is 2.37. The molecule has 0 N–H and O–H groups in total. The van der Waals surface area contributed by atoms with E-state index in [9.17, 15) is 17.6 Å². The molecule has 0 saturated carbocycles. The largest absolute Gasteiger partial charge is 0.375 e. The lowest BCUT2D eigenvalue weighted by molar-refractivity contribution is 0.453. The van der Waals surface area contributed by atoms with Crippen LogP contribution < -0.4 is 4.90 Å². The first-order valence-corrected chi connectivity index (χ1v) is 6.14. The highest BCUT2D eigenvalue weighted by atomic mass is 19.2. The van der Waals surface area contributed by atoms with Gasteiger partial charge in [0, 0.05) is 24.9 Å². The Kier molecular flexibility index (Phi) is 2.97. The van der Waals surface area contributed by atoms with Gasteiger partial charge in [0.05, 0.1) is 5.69 Å². The zero-order valence-electron chi connectivity index (χ0n) is 11.2. The molecule has 3 aromatic rings. The monoisotopic (exact) mass is 294 g/mol. The highest BCUT2D eigenvalue weighted by Crippen LogP contribution is 2.34. The predicted molar refractivity (Wildman–Crippen MR) is 73.4 cm³/mol. The predicted octanol–water partition coefficient (Wildman–Crippen LogP) is 4.01. The average Bonchev–Trinajstić information content (AvgIpc) is 2.44. The molecule has 0 atom stereocenters. The molecule has 1 aromatic heterocycles. The SMILES string of the molecule is CN(C)c1c(F)c(F)c(F)c2nc3c(F)cccc3cc12. The van der Waals surface area contributed by atoms with Crippen LogP contribution in [0.2, 0.25) is 0 Å². The van der Waals surface area contributed by atoms with Crippen LogP contribution in [0.4, 0.5) is 23.2 Å². The van der Waals surface area contributed by atoms with Crippen molar-refractivity contribution in [2.75, 3.05) is 19.0 Å². The molecule has 0 bridgehead atoms. The Morgan fingerprint density at radius 1 is 0.905 bits per heavy atom. The molecule has 0 aliphatic carbocycles. The number of para-hydroxylation sites is 1. The number of halogens is 4. The Bertz CT molecular complexity index is 875. The molecule has 108 valence electrons. The van der Waals surface area contributed by atoms with Crippen molar-refractivity contribution in [1.29, 1.82) is 0 Å². The van der Waals surface area contributed by atoms with Gasteiger partial charge in [-0.25, -0.2) is 22.5 Å². The van der Waals surface area contributed by atoms with Crippen LogP contribution in [0, 0.1) is 23.3 Å². The molecular formula is C15H10F4N2. The van der Waals surface area contributed by atoms with Crippen molar-refractivity contribution in [2.45, 2.75) is 0 Å². The summed E-state index contributed by atoms with van der Waals surface area (Å²) in [7, 11) is 3.01. The third-order valence-electron chi connectivity index (χ3n) is 3.30. The van der Waals surface area contributed by atoms with Crippen LogP contribution in [0.25, 0.3) is 21.8 Å². The van der Waals surface area contributed by atoms with Crippen molar-refractivity contribution in [3.63, 3.8) is 0 Å². The lowest BCUT2D eigenvalue weighted by atomic mass is 10.1. The van der Waals surface area contributed by atoms with E-state index in [4.69, 9.17) is 0 Å². The van der Waals surface area contributed by atoms with Gasteiger partial charge in [-0.2, -0.15) is 0 Å². The minimum atomic E-state index is -1.62. The molecular weight excluding hydrogens is 284 g/mol. The van der Waals surface area contributed by atoms with Crippen LogP contribution in [-0.4, -0.2) is 19.1 Å². The Balaban J connectivity index is 2.58. The molecule has 0 saturated heterocycles. The molecule has 6 heteroatoms. The third-order valence-corrected chi connectivity index (χ3v) is 3.30. The molecule has 3 rings (SSSR count). The molecule has 2 aromatic carbocycles. The quantitative estimate of drug-likeness (QED) is 0.383. The minimum Gasteiger partial charge on any atom is -0.375 e. The van der Waals surface area contributed by atoms with Crippen molar-refractivity contribution in [3.8, 4) is 0 Å². The van der Waals surface area contributed by atoms with E-state index in [1.54, 1.807) is 6.07 Å². The molecule has 0 aliphatic rings. The van der Waals surface area contributed by atoms with Gasteiger partial charge in [-0.15, -0.1) is 0 Å². The molecule has 0 spiro atoms. The van der Waals surface area contributed by atoms with Gasteiger partial charge in [-0.3, -0.25) is 0 Å². The van der Waals surface area contributed by atoms with Gasteiger partial charge < -0.3 is 4.90 Å². The summed E-state index contributed by atoms with van der Waals surface area (Å²) in [6.45, 7) is 0. The smallest absolute Gasteiger partial charge is 0.198 e. The van der Waals surface area contributed by atoms with Gasteiger partial charge >= 0.3 is 0 Å². The molecule has 0 aliphatic heterocycles. The highest BCUT2D eigenvalue weighted by molar-refractivity contribution is 6.00. The second-order valence-corrected chi connectivity index (χ2v) is 4.88. The van der Waals surface area contributed by atoms with Gasteiger partial charge in [0.15, 0.2) is 17.5 Å². The Hall–Kier alpha value is -2.37. The fraction of sp³-hybridized carbons (Fsp3) is 0.133. The third kappa shape index (κ3) is 1.90. The van der Waals surface area contributed by atoms with E-state index < -0.39 is 28.8 Å². The van der Waals surface area contributed by atoms with Crippen LogP contribution in [0.15, 0.2) is 24.3 Å². The topological polar surface area (TPSA) is 16.1 Å². The van der Waals surface area contributed by atoms with E-state index in [1.165, 1.54) is 37.2 Å². The van der Waals surface area contributed by atoms with E-state index in [2.05, 4.69) is 4.98 Å².